The molecule has 82 valence electrons. The van der Waals surface area contributed by atoms with E-state index in [2.05, 4.69) is 31.1 Å². The minimum atomic E-state index is -0.192. The van der Waals surface area contributed by atoms with Gasteiger partial charge in [0.15, 0.2) is 0 Å². The minimum absolute atomic E-state index is 0. The average molecular weight is 231 g/mol. The van der Waals surface area contributed by atoms with Crippen LogP contribution in [0.25, 0.3) is 0 Å². The van der Waals surface area contributed by atoms with Crippen LogP contribution in [0.4, 0.5) is 0 Å². The molecule has 0 amide bonds. The third-order valence-corrected chi connectivity index (χ3v) is 2.49. The van der Waals surface area contributed by atoms with Crippen LogP contribution in [0.2, 0.25) is 0 Å². The Balaban J connectivity index is 0. The highest BCUT2D eigenvalue weighted by molar-refractivity contribution is 5.85. The first-order valence-corrected chi connectivity index (χ1v) is 4.23. The van der Waals surface area contributed by atoms with Crippen molar-refractivity contribution in [2.75, 3.05) is 20.1 Å². The number of rotatable bonds is 2. The van der Waals surface area contributed by atoms with Gasteiger partial charge in [-0.2, -0.15) is 0 Å². The maximum absolute atomic E-state index is 9.50. The number of halogens is 2. The first-order chi connectivity index (χ1) is 5.13. The molecule has 1 rings (SSSR count). The number of hydrogen-bond acceptors (Lipinski definition) is 3. The van der Waals surface area contributed by atoms with E-state index in [1.54, 1.807) is 0 Å². The van der Waals surface area contributed by atoms with Crippen molar-refractivity contribution >= 4 is 24.8 Å². The van der Waals surface area contributed by atoms with Gasteiger partial charge in [0.2, 0.25) is 0 Å². The lowest BCUT2D eigenvalue weighted by molar-refractivity contribution is 0.0823. The van der Waals surface area contributed by atoms with Gasteiger partial charge < -0.3 is 10.4 Å². The quantitative estimate of drug-likeness (QED) is 0.726. The lowest BCUT2D eigenvalue weighted by Crippen LogP contribution is -2.44. The molecule has 1 saturated heterocycles. The van der Waals surface area contributed by atoms with Crippen molar-refractivity contribution < 1.29 is 5.11 Å². The summed E-state index contributed by atoms with van der Waals surface area (Å²) >= 11 is 0. The molecule has 0 aromatic rings. The van der Waals surface area contributed by atoms with Crippen LogP contribution in [0, 0.1) is 0 Å². The molecule has 2 N–H and O–H groups in total. The Labute approximate surface area is 92.7 Å². The molecule has 0 spiro atoms. The Bertz CT molecular complexity index is 135. The molecular weight excluding hydrogens is 211 g/mol. The van der Waals surface area contributed by atoms with Crippen LogP contribution < -0.4 is 5.32 Å². The summed E-state index contributed by atoms with van der Waals surface area (Å²) in [6.45, 7) is 5.94. The molecule has 1 aliphatic heterocycles. The highest BCUT2D eigenvalue weighted by Crippen LogP contribution is 2.09. The van der Waals surface area contributed by atoms with Gasteiger partial charge in [-0.25, -0.2) is 0 Å². The van der Waals surface area contributed by atoms with Crippen molar-refractivity contribution in [3.8, 4) is 0 Å². The number of hydrogen-bond donors (Lipinski definition) is 2. The Morgan fingerprint density at radius 2 is 1.85 bits per heavy atom. The zero-order chi connectivity index (χ0) is 8.43. The lowest BCUT2D eigenvalue weighted by Gasteiger charge is -2.29. The number of β-amino-alcohol motifs (C(OH)–C–C–N with tert-alkyl or cyclic N) is 1. The fourth-order valence-electron chi connectivity index (χ4n) is 1.45. The second kappa shape index (κ2) is 6.85. The van der Waals surface area contributed by atoms with Crippen LogP contribution in [0.3, 0.4) is 0 Å². The predicted octanol–water partition coefficient (Wildman–Crippen LogP) is 0.503. The molecule has 0 unspecified atom stereocenters. The summed E-state index contributed by atoms with van der Waals surface area (Å²) in [4.78, 5) is 2.21. The van der Waals surface area contributed by atoms with Gasteiger partial charge in [-0.3, -0.25) is 4.90 Å². The normalized spacial score (nSPS) is 27.2. The molecular formula is C8H20Cl2N2O. The first-order valence-electron chi connectivity index (χ1n) is 4.23. The standard InChI is InChI=1S/C8H18N2O.2ClH/c1-6(2)10(3)7-4-9-5-8(7)11;;/h6-9,11H,4-5H2,1-3H3;2*1H/t7-,8-;;/m0../s1. The van der Waals surface area contributed by atoms with Gasteiger partial charge in [0, 0.05) is 25.2 Å². The van der Waals surface area contributed by atoms with Crippen LogP contribution >= 0.6 is 24.8 Å². The highest BCUT2D eigenvalue weighted by Gasteiger charge is 2.29. The Morgan fingerprint density at radius 3 is 2.15 bits per heavy atom. The summed E-state index contributed by atoms with van der Waals surface area (Å²) in [7, 11) is 2.06. The van der Waals surface area contributed by atoms with Crippen molar-refractivity contribution in [1.82, 2.24) is 10.2 Å². The van der Waals surface area contributed by atoms with Crippen molar-refractivity contribution in [3.63, 3.8) is 0 Å². The van der Waals surface area contributed by atoms with Gasteiger partial charge in [0.25, 0.3) is 0 Å². The summed E-state index contributed by atoms with van der Waals surface area (Å²) in [6, 6.07) is 0.810. The topological polar surface area (TPSA) is 35.5 Å². The molecule has 5 heteroatoms. The van der Waals surface area contributed by atoms with E-state index < -0.39 is 0 Å². The second-order valence-electron chi connectivity index (χ2n) is 3.55. The molecule has 3 nitrogen and oxygen atoms in total. The number of aliphatic hydroxyl groups is 1. The van der Waals surface area contributed by atoms with Gasteiger partial charge in [0.05, 0.1) is 6.10 Å². The van der Waals surface area contributed by atoms with E-state index in [1.165, 1.54) is 0 Å². The van der Waals surface area contributed by atoms with E-state index in [1.807, 2.05) is 0 Å². The molecule has 0 bridgehead atoms. The molecule has 1 fully saturated rings. The summed E-state index contributed by atoms with van der Waals surface area (Å²) < 4.78 is 0. The van der Waals surface area contributed by atoms with E-state index in [0.29, 0.717) is 12.1 Å². The fraction of sp³-hybridized carbons (Fsp3) is 1.00. The Hall–Kier alpha value is 0.460. The summed E-state index contributed by atoms with van der Waals surface area (Å²) in [6.07, 6.45) is -0.192. The first kappa shape index (κ1) is 15.9. The minimum Gasteiger partial charge on any atom is -0.390 e. The third kappa shape index (κ3) is 4.00. The van der Waals surface area contributed by atoms with Crippen molar-refractivity contribution in [1.29, 1.82) is 0 Å². The maximum Gasteiger partial charge on any atom is 0.0831 e. The number of likely N-dealkylation sites (N-methyl/N-ethyl adjacent to an activating group) is 1. The van der Waals surface area contributed by atoms with E-state index >= 15 is 0 Å². The molecule has 1 aliphatic rings. The molecule has 13 heavy (non-hydrogen) atoms. The SMILES string of the molecule is CC(C)N(C)[C@H]1CNC[C@@H]1O.Cl.Cl. The van der Waals surface area contributed by atoms with Gasteiger partial charge >= 0.3 is 0 Å². The van der Waals surface area contributed by atoms with Crippen LogP contribution in [-0.4, -0.2) is 48.3 Å². The molecule has 2 atom stereocenters. The van der Waals surface area contributed by atoms with Crippen LogP contribution in [0.5, 0.6) is 0 Å². The van der Waals surface area contributed by atoms with Crippen LogP contribution in [-0.2, 0) is 0 Å². The molecule has 0 saturated carbocycles. The monoisotopic (exact) mass is 230 g/mol. The van der Waals surface area contributed by atoms with Gasteiger partial charge in [-0.15, -0.1) is 24.8 Å². The number of nitrogens with zero attached hydrogens (tertiary/aromatic N) is 1. The highest BCUT2D eigenvalue weighted by atomic mass is 35.5. The molecule has 1 heterocycles. The third-order valence-electron chi connectivity index (χ3n) is 2.49. The molecule has 0 aromatic heterocycles. The number of aliphatic hydroxyl groups excluding tert-OH is 1. The summed E-state index contributed by atoms with van der Waals surface area (Å²) in [5.74, 6) is 0. The smallest absolute Gasteiger partial charge is 0.0831 e. The van der Waals surface area contributed by atoms with Crippen molar-refractivity contribution in [2.45, 2.75) is 32.0 Å². The largest absolute Gasteiger partial charge is 0.390 e. The van der Waals surface area contributed by atoms with Crippen molar-refractivity contribution in [2.24, 2.45) is 0 Å². The van der Waals surface area contributed by atoms with E-state index in [9.17, 15) is 5.11 Å². The van der Waals surface area contributed by atoms with E-state index in [4.69, 9.17) is 0 Å². The van der Waals surface area contributed by atoms with E-state index in [-0.39, 0.29) is 30.9 Å². The molecule has 0 aromatic carbocycles. The zero-order valence-electron chi connectivity index (χ0n) is 8.36. The summed E-state index contributed by atoms with van der Waals surface area (Å²) in [5, 5.41) is 12.7. The zero-order valence-corrected chi connectivity index (χ0v) is 9.99. The van der Waals surface area contributed by atoms with Gasteiger partial charge in [0.1, 0.15) is 0 Å². The van der Waals surface area contributed by atoms with Crippen LogP contribution in [0.15, 0.2) is 0 Å². The second-order valence-corrected chi connectivity index (χ2v) is 3.55. The Kier molecular flexibility index (Phi) is 8.38. The Morgan fingerprint density at radius 1 is 1.31 bits per heavy atom. The number of nitrogens with one attached hydrogen (secondary N) is 1. The van der Waals surface area contributed by atoms with E-state index in [0.717, 1.165) is 13.1 Å². The predicted molar refractivity (Wildman–Crippen MR) is 60.1 cm³/mol. The summed E-state index contributed by atoms with van der Waals surface area (Å²) in [5.41, 5.74) is 0. The molecule has 0 radical (unpaired) electrons. The van der Waals surface area contributed by atoms with Crippen LogP contribution in [0.1, 0.15) is 13.8 Å². The van der Waals surface area contributed by atoms with Crippen molar-refractivity contribution in [3.05, 3.63) is 0 Å². The molecule has 0 aliphatic carbocycles. The average Bonchev–Trinajstić information content (AvgIpc) is 2.33. The lowest BCUT2D eigenvalue weighted by atomic mass is 10.1. The fourth-order valence-corrected chi connectivity index (χ4v) is 1.45. The van der Waals surface area contributed by atoms with Gasteiger partial charge in [-0.05, 0) is 20.9 Å². The van der Waals surface area contributed by atoms with Gasteiger partial charge in [-0.1, -0.05) is 0 Å². The maximum atomic E-state index is 9.50.